The van der Waals surface area contributed by atoms with Crippen molar-refractivity contribution in [1.82, 2.24) is 15.3 Å². The van der Waals surface area contributed by atoms with Gasteiger partial charge < -0.3 is 10.3 Å². The largest absolute Gasteiger partial charge is 0.351 e. The zero-order valence-corrected chi connectivity index (χ0v) is 11.7. The Labute approximate surface area is 112 Å². The minimum absolute atomic E-state index is 0.0247. The van der Waals surface area contributed by atoms with Gasteiger partial charge >= 0.3 is 0 Å². The predicted octanol–water partition coefficient (Wildman–Crippen LogP) is 2.51. The summed E-state index contributed by atoms with van der Waals surface area (Å²) in [6.45, 7) is 2.58. The van der Waals surface area contributed by atoms with Gasteiger partial charge in [-0.05, 0) is 34.5 Å². The number of aromatic amines is 1. The third-order valence-electron chi connectivity index (χ3n) is 2.32. The van der Waals surface area contributed by atoms with Gasteiger partial charge in [-0.3, -0.25) is 4.79 Å². The molecule has 0 aliphatic carbocycles. The van der Waals surface area contributed by atoms with Crippen molar-refractivity contribution >= 4 is 33.2 Å². The van der Waals surface area contributed by atoms with E-state index in [0.717, 1.165) is 26.3 Å². The first-order valence-electron chi connectivity index (χ1n) is 5.18. The number of nitrogens with zero attached hydrogens (tertiary/aromatic N) is 1. The average Bonchev–Trinajstić information content (AvgIpc) is 2.90. The second-order valence-electron chi connectivity index (χ2n) is 3.65. The van der Waals surface area contributed by atoms with Gasteiger partial charge in [0.25, 0.3) is 5.91 Å². The molecule has 2 rings (SSSR count). The topological polar surface area (TPSA) is 57.8 Å². The van der Waals surface area contributed by atoms with E-state index in [9.17, 15) is 4.79 Å². The fourth-order valence-electron chi connectivity index (χ4n) is 1.39. The van der Waals surface area contributed by atoms with E-state index in [4.69, 9.17) is 0 Å². The quantitative estimate of drug-likeness (QED) is 0.911. The number of aromatic nitrogens is 2. The van der Waals surface area contributed by atoms with Gasteiger partial charge in [0, 0.05) is 24.9 Å². The van der Waals surface area contributed by atoms with Gasteiger partial charge in [0.1, 0.15) is 0 Å². The standard InChI is InChI=1S/C11H12BrN3OS/c1-7-4-9(17-10(7)12)11(16)14-3-2-8-5-13-6-15-8/h4-6H,2-3H2,1H3,(H,13,15)(H,14,16). The smallest absolute Gasteiger partial charge is 0.261 e. The van der Waals surface area contributed by atoms with Crippen molar-refractivity contribution in [3.8, 4) is 0 Å². The zero-order valence-electron chi connectivity index (χ0n) is 9.29. The van der Waals surface area contributed by atoms with E-state index in [2.05, 4.69) is 31.2 Å². The lowest BCUT2D eigenvalue weighted by atomic mass is 10.3. The summed E-state index contributed by atoms with van der Waals surface area (Å²) in [7, 11) is 0. The molecule has 90 valence electrons. The molecule has 4 nitrogen and oxygen atoms in total. The maximum Gasteiger partial charge on any atom is 0.261 e. The monoisotopic (exact) mass is 313 g/mol. The van der Waals surface area contributed by atoms with Crippen LogP contribution in [0.3, 0.4) is 0 Å². The lowest BCUT2D eigenvalue weighted by Crippen LogP contribution is -2.24. The maximum absolute atomic E-state index is 11.8. The number of amides is 1. The molecule has 2 N–H and O–H groups in total. The average molecular weight is 314 g/mol. The van der Waals surface area contributed by atoms with E-state index in [-0.39, 0.29) is 5.91 Å². The highest BCUT2D eigenvalue weighted by Crippen LogP contribution is 2.27. The fraction of sp³-hybridized carbons (Fsp3) is 0.273. The third kappa shape index (κ3) is 3.17. The molecule has 1 amide bonds. The van der Waals surface area contributed by atoms with Crippen LogP contribution in [0.2, 0.25) is 0 Å². The number of hydrogen-bond donors (Lipinski definition) is 2. The van der Waals surface area contributed by atoms with E-state index < -0.39 is 0 Å². The minimum atomic E-state index is -0.0247. The Morgan fingerprint density at radius 1 is 1.65 bits per heavy atom. The minimum Gasteiger partial charge on any atom is -0.351 e. The van der Waals surface area contributed by atoms with Gasteiger partial charge in [-0.2, -0.15) is 0 Å². The van der Waals surface area contributed by atoms with Crippen LogP contribution in [0.5, 0.6) is 0 Å². The molecule has 0 aromatic carbocycles. The molecule has 17 heavy (non-hydrogen) atoms. The summed E-state index contributed by atoms with van der Waals surface area (Å²) < 4.78 is 1.01. The number of thiophene rings is 1. The summed E-state index contributed by atoms with van der Waals surface area (Å²) in [5, 5.41) is 2.88. The molecular formula is C11H12BrN3OS. The molecule has 0 saturated carbocycles. The highest BCUT2D eigenvalue weighted by atomic mass is 79.9. The second-order valence-corrected chi connectivity index (χ2v) is 6.02. The number of carbonyl (C=O) groups excluding carboxylic acids is 1. The molecule has 0 spiro atoms. The lowest BCUT2D eigenvalue weighted by Gasteiger charge is -2.01. The summed E-state index contributed by atoms with van der Waals surface area (Å²) in [5.41, 5.74) is 2.11. The molecule has 2 aromatic rings. The van der Waals surface area contributed by atoms with Crippen molar-refractivity contribution in [3.63, 3.8) is 0 Å². The molecular weight excluding hydrogens is 302 g/mol. The Hall–Kier alpha value is -1.14. The van der Waals surface area contributed by atoms with Gasteiger partial charge in [0.05, 0.1) is 15.0 Å². The number of nitrogens with one attached hydrogen (secondary N) is 2. The van der Waals surface area contributed by atoms with E-state index in [0.29, 0.717) is 6.54 Å². The predicted molar refractivity (Wildman–Crippen MR) is 71.4 cm³/mol. The number of halogens is 1. The van der Waals surface area contributed by atoms with Crippen LogP contribution in [0.25, 0.3) is 0 Å². The van der Waals surface area contributed by atoms with Crippen molar-refractivity contribution in [2.45, 2.75) is 13.3 Å². The first-order chi connectivity index (χ1) is 8.16. The van der Waals surface area contributed by atoms with Crippen molar-refractivity contribution in [2.75, 3.05) is 6.54 Å². The van der Waals surface area contributed by atoms with Crippen LogP contribution < -0.4 is 5.32 Å². The Bertz CT molecular complexity index is 487. The van der Waals surface area contributed by atoms with Gasteiger partial charge in [0.15, 0.2) is 0 Å². The molecule has 0 aliphatic rings. The Balaban J connectivity index is 1.85. The van der Waals surface area contributed by atoms with Crippen molar-refractivity contribution < 1.29 is 4.79 Å². The molecule has 0 saturated heterocycles. The number of aryl methyl sites for hydroxylation is 1. The molecule has 6 heteroatoms. The first kappa shape index (κ1) is 12.3. The number of imidazole rings is 1. The maximum atomic E-state index is 11.8. The van der Waals surface area contributed by atoms with E-state index in [1.807, 2.05) is 13.0 Å². The Morgan fingerprint density at radius 2 is 2.47 bits per heavy atom. The molecule has 0 atom stereocenters. The highest BCUT2D eigenvalue weighted by Gasteiger charge is 2.10. The molecule has 0 bridgehead atoms. The summed E-state index contributed by atoms with van der Waals surface area (Å²) in [6, 6.07) is 1.89. The Morgan fingerprint density at radius 3 is 3.06 bits per heavy atom. The van der Waals surface area contributed by atoms with Crippen LogP contribution in [0.4, 0.5) is 0 Å². The van der Waals surface area contributed by atoms with Crippen LogP contribution in [-0.2, 0) is 6.42 Å². The summed E-state index contributed by atoms with van der Waals surface area (Å²) in [5.74, 6) is -0.0247. The number of carbonyl (C=O) groups is 1. The molecule has 2 heterocycles. The molecule has 0 fully saturated rings. The second kappa shape index (κ2) is 5.46. The van der Waals surface area contributed by atoms with Crippen LogP contribution in [-0.4, -0.2) is 22.4 Å². The number of hydrogen-bond acceptors (Lipinski definition) is 3. The molecule has 0 aliphatic heterocycles. The van der Waals surface area contributed by atoms with Crippen LogP contribution in [0.15, 0.2) is 22.4 Å². The van der Waals surface area contributed by atoms with E-state index in [1.54, 1.807) is 12.5 Å². The number of H-pyrrole nitrogens is 1. The highest BCUT2D eigenvalue weighted by molar-refractivity contribution is 9.11. The molecule has 0 radical (unpaired) electrons. The van der Waals surface area contributed by atoms with E-state index in [1.165, 1.54) is 11.3 Å². The molecule has 2 aromatic heterocycles. The SMILES string of the molecule is Cc1cc(C(=O)NCCc2cnc[nH]2)sc1Br. The van der Waals surface area contributed by atoms with E-state index >= 15 is 0 Å². The fourth-order valence-corrected chi connectivity index (χ4v) is 2.84. The van der Waals surface area contributed by atoms with Crippen molar-refractivity contribution in [1.29, 1.82) is 0 Å². The Kier molecular flexibility index (Phi) is 3.96. The van der Waals surface area contributed by atoms with Crippen LogP contribution in [0, 0.1) is 6.92 Å². The first-order valence-corrected chi connectivity index (χ1v) is 6.79. The lowest BCUT2D eigenvalue weighted by molar-refractivity contribution is 0.0958. The van der Waals surface area contributed by atoms with Gasteiger partial charge in [-0.25, -0.2) is 4.98 Å². The zero-order chi connectivity index (χ0) is 12.3. The van der Waals surface area contributed by atoms with Crippen molar-refractivity contribution in [3.05, 3.63) is 38.5 Å². The summed E-state index contributed by atoms with van der Waals surface area (Å²) >= 11 is 4.86. The third-order valence-corrected chi connectivity index (χ3v) is 4.45. The van der Waals surface area contributed by atoms with Gasteiger partial charge in [0.2, 0.25) is 0 Å². The summed E-state index contributed by atoms with van der Waals surface area (Å²) in [6.07, 6.45) is 4.16. The summed E-state index contributed by atoms with van der Waals surface area (Å²) in [4.78, 5) is 19.4. The van der Waals surface area contributed by atoms with Crippen molar-refractivity contribution in [2.24, 2.45) is 0 Å². The van der Waals surface area contributed by atoms with Crippen LogP contribution in [0.1, 0.15) is 20.9 Å². The number of rotatable bonds is 4. The van der Waals surface area contributed by atoms with Gasteiger partial charge in [-0.15, -0.1) is 11.3 Å². The normalized spacial score (nSPS) is 10.5. The molecule has 0 unspecified atom stereocenters. The van der Waals surface area contributed by atoms with Crippen LogP contribution >= 0.6 is 27.3 Å². The van der Waals surface area contributed by atoms with Gasteiger partial charge in [-0.1, -0.05) is 0 Å².